The Kier molecular flexibility index (Phi) is 4.37. The molecule has 0 aliphatic carbocycles. The molecular weight excluding hydrogens is 203 g/mol. The average molecular weight is 215 g/mol. The zero-order valence-electron chi connectivity index (χ0n) is 8.31. The Morgan fingerprint density at radius 3 is 2.67 bits per heavy atom. The van der Waals surface area contributed by atoms with E-state index < -0.39 is 17.8 Å². The van der Waals surface area contributed by atoms with Gasteiger partial charge in [0.25, 0.3) is 6.43 Å². The molecule has 4 heteroatoms. The van der Waals surface area contributed by atoms with Gasteiger partial charge in [-0.3, -0.25) is 0 Å². The predicted octanol–water partition coefficient (Wildman–Crippen LogP) is 3.00. The molecule has 0 radical (unpaired) electrons. The van der Waals surface area contributed by atoms with Crippen LogP contribution in [0.3, 0.4) is 0 Å². The Morgan fingerprint density at radius 1 is 1.40 bits per heavy atom. The molecule has 1 nitrogen and oxygen atoms in total. The van der Waals surface area contributed by atoms with E-state index in [9.17, 15) is 13.2 Å². The van der Waals surface area contributed by atoms with E-state index in [2.05, 4.69) is 5.32 Å². The second-order valence-electron chi connectivity index (χ2n) is 3.04. The lowest BCUT2D eigenvalue weighted by molar-refractivity contribution is 0.146. The lowest BCUT2D eigenvalue weighted by Gasteiger charge is -2.02. The van der Waals surface area contributed by atoms with Crippen LogP contribution in [0, 0.1) is 5.82 Å². The molecule has 0 fully saturated rings. The van der Waals surface area contributed by atoms with E-state index in [1.165, 1.54) is 6.07 Å². The van der Waals surface area contributed by atoms with Crippen molar-refractivity contribution in [1.29, 1.82) is 0 Å². The molecule has 0 spiro atoms. The smallest absolute Gasteiger partial charge is 0.266 e. The molecular formula is C11H12F3N. The fourth-order valence-electron chi connectivity index (χ4n) is 1.14. The number of halogens is 3. The summed E-state index contributed by atoms with van der Waals surface area (Å²) in [5.41, 5.74) is 0.0212. The van der Waals surface area contributed by atoms with E-state index in [0.29, 0.717) is 12.1 Å². The Morgan fingerprint density at radius 2 is 2.13 bits per heavy atom. The van der Waals surface area contributed by atoms with Gasteiger partial charge in [0.1, 0.15) is 5.82 Å². The van der Waals surface area contributed by atoms with Crippen LogP contribution in [-0.4, -0.2) is 13.6 Å². The topological polar surface area (TPSA) is 12.0 Å². The molecule has 0 saturated heterocycles. The maximum Gasteiger partial charge on any atom is 0.266 e. The summed E-state index contributed by atoms with van der Waals surface area (Å²) in [6.45, 7) is 0.651. The highest BCUT2D eigenvalue weighted by Gasteiger charge is 2.12. The van der Waals surface area contributed by atoms with Crippen molar-refractivity contribution >= 4 is 6.08 Å². The van der Waals surface area contributed by atoms with Crippen molar-refractivity contribution in [3.05, 3.63) is 41.2 Å². The minimum atomic E-state index is -2.76. The van der Waals surface area contributed by atoms with Crippen LogP contribution in [0.4, 0.5) is 13.2 Å². The van der Waals surface area contributed by atoms with Gasteiger partial charge < -0.3 is 5.32 Å². The van der Waals surface area contributed by atoms with Crippen molar-refractivity contribution in [3.63, 3.8) is 0 Å². The standard InChI is InChI=1S/C11H12F3N/c1-15-6-2-3-8-4-5-9(11(13)14)10(12)7-8/h2-5,7,11,15H,6H2,1H3. The Bertz CT molecular complexity index is 348. The van der Waals surface area contributed by atoms with Crippen LogP contribution < -0.4 is 5.32 Å². The average Bonchev–Trinajstić information content (AvgIpc) is 2.17. The zero-order chi connectivity index (χ0) is 11.3. The molecule has 0 amide bonds. The fourth-order valence-corrected chi connectivity index (χ4v) is 1.14. The van der Waals surface area contributed by atoms with Gasteiger partial charge in [-0.25, -0.2) is 13.2 Å². The highest BCUT2D eigenvalue weighted by molar-refractivity contribution is 5.50. The van der Waals surface area contributed by atoms with E-state index in [1.54, 1.807) is 19.2 Å². The van der Waals surface area contributed by atoms with Gasteiger partial charge >= 0.3 is 0 Å². The van der Waals surface area contributed by atoms with Crippen molar-refractivity contribution in [3.8, 4) is 0 Å². The van der Waals surface area contributed by atoms with Crippen LogP contribution in [-0.2, 0) is 0 Å². The molecule has 0 heterocycles. The second kappa shape index (κ2) is 5.56. The van der Waals surface area contributed by atoms with Crippen molar-refractivity contribution < 1.29 is 13.2 Å². The van der Waals surface area contributed by atoms with Crippen LogP contribution in [0.1, 0.15) is 17.6 Å². The molecule has 0 saturated carbocycles. The Labute approximate surface area is 86.6 Å². The summed E-state index contributed by atoms with van der Waals surface area (Å²) in [7, 11) is 1.78. The number of benzene rings is 1. The van der Waals surface area contributed by atoms with E-state index in [0.717, 1.165) is 12.1 Å². The summed E-state index contributed by atoms with van der Waals surface area (Å²) in [6, 6.07) is 3.68. The Hall–Kier alpha value is -1.29. The summed E-state index contributed by atoms with van der Waals surface area (Å²) in [5.74, 6) is -0.864. The lowest BCUT2D eigenvalue weighted by Crippen LogP contribution is -2.03. The van der Waals surface area contributed by atoms with E-state index >= 15 is 0 Å². The summed E-state index contributed by atoms with van der Waals surface area (Å²) >= 11 is 0. The minimum absolute atomic E-state index is 0.555. The second-order valence-corrected chi connectivity index (χ2v) is 3.04. The van der Waals surface area contributed by atoms with Gasteiger partial charge in [-0.15, -0.1) is 0 Å². The first kappa shape index (κ1) is 11.8. The SMILES string of the molecule is CNCC=Cc1ccc(C(F)F)c(F)c1. The molecule has 1 rings (SSSR count). The molecule has 0 aliphatic heterocycles. The van der Waals surface area contributed by atoms with Crippen molar-refractivity contribution in [2.24, 2.45) is 0 Å². The normalized spacial score (nSPS) is 11.5. The van der Waals surface area contributed by atoms with Gasteiger partial charge in [-0.05, 0) is 24.7 Å². The third-order valence-corrected chi connectivity index (χ3v) is 1.89. The summed E-state index contributed by atoms with van der Waals surface area (Å²) < 4.78 is 37.5. The van der Waals surface area contributed by atoms with E-state index in [1.807, 2.05) is 0 Å². The van der Waals surface area contributed by atoms with Gasteiger partial charge in [0.2, 0.25) is 0 Å². The predicted molar refractivity (Wildman–Crippen MR) is 54.3 cm³/mol. The van der Waals surface area contributed by atoms with E-state index in [-0.39, 0.29) is 0 Å². The van der Waals surface area contributed by atoms with Gasteiger partial charge in [0.05, 0.1) is 5.56 Å². The molecule has 1 aromatic rings. The molecule has 0 unspecified atom stereocenters. The van der Waals surface area contributed by atoms with Gasteiger partial charge in [-0.2, -0.15) is 0 Å². The van der Waals surface area contributed by atoms with Crippen LogP contribution in [0.25, 0.3) is 6.08 Å². The molecule has 0 aromatic heterocycles. The highest BCUT2D eigenvalue weighted by Crippen LogP contribution is 2.22. The zero-order valence-corrected chi connectivity index (χ0v) is 8.31. The van der Waals surface area contributed by atoms with Gasteiger partial charge in [0.15, 0.2) is 0 Å². The maximum absolute atomic E-state index is 13.1. The molecule has 0 aliphatic rings. The van der Waals surface area contributed by atoms with Crippen molar-refractivity contribution in [2.75, 3.05) is 13.6 Å². The number of nitrogens with one attached hydrogen (secondary N) is 1. The summed E-state index contributed by atoms with van der Waals surface area (Å²) in [6.07, 6.45) is 0.700. The first-order valence-electron chi connectivity index (χ1n) is 4.54. The van der Waals surface area contributed by atoms with Gasteiger partial charge in [0, 0.05) is 6.54 Å². The molecule has 0 bridgehead atoms. The third-order valence-electron chi connectivity index (χ3n) is 1.89. The van der Waals surface area contributed by atoms with Crippen molar-refractivity contribution in [1.82, 2.24) is 5.32 Å². The van der Waals surface area contributed by atoms with Crippen LogP contribution in [0.15, 0.2) is 24.3 Å². The molecule has 82 valence electrons. The Balaban J connectivity index is 2.82. The lowest BCUT2D eigenvalue weighted by atomic mass is 10.1. The van der Waals surface area contributed by atoms with Crippen LogP contribution in [0.5, 0.6) is 0 Å². The fraction of sp³-hybridized carbons (Fsp3) is 0.273. The van der Waals surface area contributed by atoms with Gasteiger partial charge in [-0.1, -0.05) is 18.2 Å². The molecule has 1 aromatic carbocycles. The van der Waals surface area contributed by atoms with E-state index in [4.69, 9.17) is 0 Å². The number of hydrogen-bond acceptors (Lipinski definition) is 1. The number of hydrogen-bond donors (Lipinski definition) is 1. The number of likely N-dealkylation sites (N-methyl/N-ethyl adjacent to an activating group) is 1. The largest absolute Gasteiger partial charge is 0.316 e. The highest BCUT2D eigenvalue weighted by atomic mass is 19.3. The molecule has 15 heavy (non-hydrogen) atoms. The first-order chi connectivity index (χ1) is 7.15. The summed E-state index contributed by atoms with van der Waals surface area (Å²) in [4.78, 5) is 0. The monoisotopic (exact) mass is 215 g/mol. The molecule has 1 N–H and O–H groups in total. The number of alkyl halides is 2. The number of rotatable bonds is 4. The summed E-state index contributed by atoms with van der Waals surface area (Å²) in [5, 5.41) is 2.88. The first-order valence-corrected chi connectivity index (χ1v) is 4.54. The minimum Gasteiger partial charge on any atom is -0.316 e. The maximum atomic E-state index is 13.1. The van der Waals surface area contributed by atoms with Crippen LogP contribution in [0.2, 0.25) is 0 Å². The van der Waals surface area contributed by atoms with Crippen LogP contribution >= 0.6 is 0 Å². The van der Waals surface area contributed by atoms with Crippen molar-refractivity contribution in [2.45, 2.75) is 6.43 Å². The quantitative estimate of drug-likeness (QED) is 0.814. The third kappa shape index (κ3) is 3.40. The molecule has 0 atom stereocenters.